The first kappa shape index (κ1) is 24.8. The Morgan fingerprint density at radius 2 is 1.67 bits per heavy atom. The molecule has 33 heavy (non-hydrogen) atoms. The monoisotopic (exact) mass is 509 g/mol. The van der Waals surface area contributed by atoms with Crippen LogP contribution in [0.1, 0.15) is 28.4 Å². The van der Waals surface area contributed by atoms with Gasteiger partial charge < -0.3 is 24.6 Å². The van der Waals surface area contributed by atoms with Crippen molar-refractivity contribution in [2.24, 2.45) is 0 Å². The SMILES string of the molecule is CCOc1cc(CNc2cc(C(=O)O)ccc2OC)c(Cl)cc1OCc1ccc(Cl)c(Cl)c1. The van der Waals surface area contributed by atoms with E-state index in [1.165, 1.54) is 19.2 Å². The number of benzene rings is 3. The van der Waals surface area contributed by atoms with Crippen LogP contribution in [-0.4, -0.2) is 24.8 Å². The Balaban J connectivity index is 1.80. The molecule has 2 N–H and O–H groups in total. The maximum Gasteiger partial charge on any atom is 0.335 e. The highest BCUT2D eigenvalue weighted by Gasteiger charge is 2.14. The molecule has 3 rings (SSSR count). The molecule has 6 nitrogen and oxygen atoms in total. The van der Waals surface area contributed by atoms with Gasteiger partial charge in [0.05, 0.1) is 35.0 Å². The molecule has 0 saturated carbocycles. The van der Waals surface area contributed by atoms with Crippen LogP contribution in [0.15, 0.2) is 48.5 Å². The average molecular weight is 511 g/mol. The van der Waals surface area contributed by atoms with Gasteiger partial charge in [0.1, 0.15) is 12.4 Å². The molecule has 0 spiro atoms. The molecule has 0 fully saturated rings. The van der Waals surface area contributed by atoms with Gasteiger partial charge >= 0.3 is 5.97 Å². The highest BCUT2D eigenvalue weighted by Crippen LogP contribution is 2.35. The highest BCUT2D eigenvalue weighted by atomic mass is 35.5. The molecule has 0 heterocycles. The summed E-state index contributed by atoms with van der Waals surface area (Å²) in [5.41, 5.74) is 2.26. The van der Waals surface area contributed by atoms with E-state index >= 15 is 0 Å². The van der Waals surface area contributed by atoms with Gasteiger partial charge in [0.25, 0.3) is 0 Å². The maximum atomic E-state index is 11.3. The van der Waals surface area contributed by atoms with Crippen molar-refractivity contribution in [2.75, 3.05) is 19.0 Å². The summed E-state index contributed by atoms with van der Waals surface area (Å²) in [6.45, 7) is 2.87. The van der Waals surface area contributed by atoms with Gasteiger partial charge in [-0.3, -0.25) is 0 Å². The number of anilines is 1. The second kappa shape index (κ2) is 11.4. The molecule has 174 valence electrons. The first-order chi connectivity index (χ1) is 15.8. The lowest BCUT2D eigenvalue weighted by atomic mass is 10.1. The van der Waals surface area contributed by atoms with Crippen LogP contribution in [0.4, 0.5) is 5.69 Å². The standard InChI is InChI=1S/C24H22Cl3NO5/c1-3-32-22-10-16(12-28-20-9-15(24(29)30)5-7-21(20)31-2)18(26)11-23(22)33-13-14-4-6-17(25)19(27)8-14/h4-11,28H,3,12-13H2,1-2H3,(H,29,30). The van der Waals surface area contributed by atoms with Crippen LogP contribution in [-0.2, 0) is 13.2 Å². The molecule has 0 atom stereocenters. The van der Waals surface area contributed by atoms with Gasteiger partial charge in [0.2, 0.25) is 0 Å². The number of carboxylic acids is 1. The first-order valence-electron chi connectivity index (χ1n) is 9.99. The molecule has 0 bridgehead atoms. The van der Waals surface area contributed by atoms with Crippen molar-refractivity contribution < 1.29 is 24.1 Å². The van der Waals surface area contributed by atoms with Gasteiger partial charge in [-0.15, -0.1) is 0 Å². The number of aromatic carboxylic acids is 1. The third kappa shape index (κ3) is 6.38. The molecule has 0 aliphatic rings. The average Bonchev–Trinajstić information content (AvgIpc) is 2.80. The minimum Gasteiger partial charge on any atom is -0.495 e. The van der Waals surface area contributed by atoms with E-state index in [4.69, 9.17) is 49.0 Å². The third-order valence-corrected chi connectivity index (χ3v) is 5.80. The van der Waals surface area contributed by atoms with Crippen LogP contribution < -0.4 is 19.5 Å². The van der Waals surface area contributed by atoms with E-state index in [0.717, 1.165) is 11.1 Å². The molecule has 0 amide bonds. The minimum absolute atomic E-state index is 0.144. The van der Waals surface area contributed by atoms with Gasteiger partial charge in [-0.05, 0) is 54.4 Å². The Morgan fingerprint density at radius 3 is 2.33 bits per heavy atom. The second-order valence-corrected chi connectivity index (χ2v) is 8.16. The topological polar surface area (TPSA) is 77.0 Å². The van der Waals surface area contributed by atoms with Crippen LogP contribution in [0.25, 0.3) is 0 Å². The van der Waals surface area contributed by atoms with Crippen LogP contribution in [0.2, 0.25) is 15.1 Å². The summed E-state index contributed by atoms with van der Waals surface area (Å²) in [6.07, 6.45) is 0. The summed E-state index contributed by atoms with van der Waals surface area (Å²) in [6, 6.07) is 13.3. The van der Waals surface area contributed by atoms with Crippen molar-refractivity contribution in [3.8, 4) is 17.2 Å². The van der Waals surface area contributed by atoms with Gasteiger partial charge in [-0.1, -0.05) is 40.9 Å². The van der Waals surface area contributed by atoms with Crippen LogP contribution in [0.3, 0.4) is 0 Å². The summed E-state index contributed by atoms with van der Waals surface area (Å²) >= 11 is 18.6. The molecule has 0 radical (unpaired) electrons. The third-order valence-electron chi connectivity index (χ3n) is 4.71. The van der Waals surface area contributed by atoms with Gasteiger partial charge in [-0.2, -0.15) is 0 Å². The molecule has 3 aromatic carbocycles. The number of rotatable bonds is 10. The molecule has 3 aromatic rings. The summed E-state index contributed by atoms with van der Waals surface area (Å²) < 4.78 is 17.0. The van der Waals surface area contributed by atoms with Crippen molar-refractivity contribution in [3.05, 3.63) is 80.3 Å². The van der Waals surface area contributed by atoms with E-state index in [9.17, 15) is 9.90 Å². The number of carboxylic acid groups (broad SMARTS) is 1. The Kier molecular flexibility index (Phi) is 8.55. The summed E-state index contributed by atoms with van der Waals surface area (Å²) in [4.78, 5) is 11.3. The van der Waals surface area contributed by atoms with Gasteiger partial charge in [0, 0.05) is 17.6 Å². The Hall–Kier alpha value is -2.80. The molecule has 0 unspecified atom stereocenters. The number of ether oxygens (including phenoxy) is 3. The van der Waals surface area contributed by atoms with Crippen molar-refractivity contribution in [1.82, 2.24) is 0 Å². The number of methoxy groups -OCH3 is 1. The van der Waals surface area contributed by atoms with E-state index in [0.29, 0.717) is 51.2 Å². The Labute approximate surface area is 206 Å². The molecule has 9 heteroatoms. The maximum absolute atomic E-state index is 11.3. The molecular formula is C24H22Cl3NO5. The zero-order chi connectivity index (χ0) is 24.0. The highest BCUT2D eigenvalue weighted by molar-refractivity contribution is 6.42. The lowest BCUT2D eigenvalue weighted by molar-refractivity contribution is 0.0697. The zero-order valence-electron chi connectivity index (χ0n) is 18.0. The van der Waals surface area contributed by atoms with E-state index in [1.54, 1.807) is 30.3 Å². The number of hydrogen-bond donors (Lipinski definition) is 2. The summed E-state index contributed by atoms with van der Waals surface area (Å²) in [7, 11) is 1.52. The van der Waals surface area contributed by atoms with Crippen LogP contribution in [0, 0.1) is 0 Å². The van der Waals surface area contributed by atoms with Gasteiger partial charge in [0.15, 0.2) is 11.5 Å². The van der Waals surface area contributed by atoms with E-state index in [2.05, 4.69) is 5.32 Å². The normalized spacial score (nSPS) is 10.6. The summed E-state index contributed by atoms with van der Waals surface area (Å²) in [5, 5.41) is 13.8. The van der Waals surface area contributed by atoms with Gasteiger partial charge in [-0.25, -0.2) is 4.79 Å². The van der Waals surface area contributed by atoms with Crippen LogP contribution in [0.5, 0.6) is 17.2 Å². The first-order valence-corrected chi connectivity index (χ1v) is 11.1. The van der Waals surface area contributed by atoms with E-state index in [-0.39, 0.29) is 12.2 Å². The van der Waals surface area contributed by atoms with Crippen molar-refractivity contribution in [1.29, 1.82) is 0 Å². The van der Waals surface area contributed by atoms with Crippen LogP contribution >= 0.6 is 34.8 Å². The fourth-order valence-electron chi connectivity index (χ4n) is 3.05. The molecular weight excluding hydrogens is 489 g/mol. The van der Waals surface area contributed by atoms with Crippen molar-refractivity contribution in [2.45, 2.75) is 20.1 Å². The Bertz CT molecular complexity index is 1150. The lowest BCUT2D eigenvalue weighted by Gasteiger charge is -2.17. The number of nitrogens with one attached hydrogen (secondary N) is 1. The minimum atomic E-state index is -1.03. The molecule has 0 aliphatic carbocycles. The quantitative estimate of drug-likeness (QED) is 0.307. The number of carbonyl (C=O) groups is 1. The predicted octanol–water partition coefficient (Wildman–Crippen LogP) is 6.94. The second-order valence-electron chi connectivity index (χ2n) is 6.93. The van der Waals surface area contributed by atoms with Crippen molar-refractivity contribution in [3.63, 3.8) is 0 Å². The summed E-state index contributed by atoms with van der Waals surface area (Å²) in [5.74, 6) is 0.510. The Morgan fingerprint density at radius 1 is 0.909 bits per heavy atom. The number of hydrogen-bond acceptors (Lipinski definition) is 5. The fraction of sp³-hybridized carbons (Fsp3) is 0.208. The van der Waals surface area contributed by atoms with E-state index in [1.807, 2.05) is 13.0 Å². The smallest absolute Gasteiger partial charge is 0.335 e. The lowest BCUT2D eigenvalue weighted by Crippen LogP contribution is -2.06. The van der Waals surface area contributed by atoms with Crippen molar-refractivity contribution >= 4 is 46.5 Å². The molecule has 0 aliphatic heterocycles. The van der Waals surface area contributed by atoms with E-state index < -0.39 is 5.97 Å². The number of halogens is 3. The predicted molar refractivity (Wildman–Crippen MR) is 131 cm³/mol. The molecule has 0 saturated heterocycles. The largest absolute Gasteiger partial charge is 0.495 e. The molecule has 0 aromatic heterocycles. The fourth-order valence-corrected chi connectivity index (χ4v) is 3.60. The zero-order valence-corrected chi connectivity index (χ0v) is 20.2.